The number of unbranched alkanes of at least 4 members (excludes halogenated alkanes) is 1. The van der Waals surface area contributed by atoms with Gasteiger partial charge < -0.3 is 25.0 Å². The van der Waals surface area contributed by atoms with Crippen molar-refractivity contribution in [2.24, 2.45) is 4.99 Å². The molecule has 0 amide bonds. The molecule has 0 saturated carbocycles. The number of aliphatic imine (C=N–C) groups is 1. The Labute approximate surface area is 170 Å². The Bertz CT molecular complexity index is 579. The van der Waals surface area contributed by atoms with Crippen LogP contribution in [0.25, 0.3) is 0 Å². The summed E-state index contributed by atoms with van der Waals surface area (Å²) in [5.41, 5.74) is 2.46. The van der Waals surface area contributed by atoms with Gasteiger partial charge in [-0.2, -0.15) is 0 Å². The smallest absolute Gasteiger partial charge is 0.191 e. The monoisotopic (exact) mass is 388 g/mol. The number of guanidine groups is 1. The maximum absolute atomic E-state index is 5.59. The second-order valence-corrected chi connectivity index (χ2v) is 6.74. The van der Waals surface area contributed by atoms with Gasteiger partial charge in [0.1, 0.15) is 0 Å². The van der Waals surface area contributed by atoms with E-state index in [9.17, 15) is 0 Å². The number of anilines is 1. The van der Waals surface area contributed by atoms with Gasteiger partial charge in [-0.05, 0) is 31.0 Å². The first kappa shape index (κ1) is 22.2. The minimum Gasteiger partial charge on any atom is -0.379 e. The van der Waals surface area contributed by atoms with Gasteiger partial charge in [0, 0.05) is 38.5 Å². The average molecular weight is 389 g/mol. The van der Waals surface area contributed by atoms with E-state index in [1.165, 1.54) is 11.3 Å². The maximum atomic E-state index is 5.59. The van der Waals surface area contributed by atoms with E-state index in [0.29, 0.717) is 26.4 Å². The highest BCUT2D eigenvalue weighted by Crippen LogP contribution is 2.17. The van der Waals surface area contributed by atoms with Crippen LogP contribution in [0.4, 0.5) is 5.69 Å². The van der Waals surface area contributed by atoms with Gasteiger partial charge in [-0.1, -0.05) is 37.6 Å². The van der Waals surface area contributed by atoms with Crippen molar-refractivity contribution in [3.63, 3.8) is 0 Å². The molecule has 156 valence electrons. The number of nitrogens with one attached hydrogen (secondary N) is 2. The fraction of sp³-hybridized carbons (Fsp3) is 0.591. The summed E-state index contributed by atoms with van der Waals surface area (Å²) in [4.78, 5) is 7.01. The second kappa shape index (κ2) is 14.0. The summed E-state index contributed by atoms with van der Waals surface area (Å²) in [6.45, 7) is 11.2. The predicted octanol–water partition coefficient (Wildman–Crippen LogP) is 2.95. The van der Waals surface area contributed by atoms with E-state index >= 15 is 0 Å². The Kier molecular flexibility index (Phi) is 11.1. The average Bonchev–Trinajstić information content (AvgIpc) is 3.26. The third kappa shape index (κ3) is 8.76. The topological polar surface area (TPSA) is 58.1 Å². The number of rotatable bonds is 13. The summed E-state index contributed by atoms with van der Waals surface area (Å²) in [6.07, 6.45) is 6.69. The highest BCUT2D eigenvalue weighted by atomic mass is 16.5. The Balaban J connectivity index is 1.65. The van der Waals surface area contributed by atoms with E-state index in [4.69, 9.17) is 9.47 Å². The Morgan fingerprint density at radius 1 is 0.964 bits per heavy atom. The van der Waals surface area contributed by atoms with Crippen LogP contribution in [0.1, 0.15) is 32.3 Å². The largest absolute Gasteiger partial charge is 0.379 e. The summed E-state index contributed by atoms with van der Waals surface area (Å²) in [6, 6.07) is 8.66. The third-order valence-corrected chi connectivity index (χ3v) is 4.44. The van der Waals surface area contributed by atoms with Gasteiger partial charge in [-0.25, -0.2) is 4.99 Å². The molecule has 0 radical (unpaired) electrons. The fourth-order valence-electron chi connectivity index (χ4n) is 2.82. The Hall–Kier alpha value is -2.05. The molecule has 0 aromatic heterocycles. The van der Waals surface area contributed by atoms with Crippen LogP contribution in [0.3, 0.4) is 0 Å². The van der Waals surface area contributed by atoms with Crippen LogP contribution < -0.4 is 15.5 Å². The zero-order chi connectivity index (χ0) is 19.9. The second-order valence-electron chi connectivity index (χ2n) is 6.74. The zero-order valence-corrected chi connectivity index (χ0v) is 17.5. The van der Waals surface area contributed by atoms with Gasteiger partial charge in [0.2, 0.25) is 0 Å². The SMILES string of the molecule is CCCCOCCOCCNC(=NCc1ccc(N2CC=CC2)cc1)NCC. The molecule has 1 aliphatic rings. The van der Waals surface area contributed by atoms with Crippen LogP contribution in [0.2, 0.25) is 0 Å². The first-order valence-corrected chi connectivity index (χ1v) is 10.5. The highest BCUT2D eigenvalue weighted by molar-refractivity contribution is 5.79. The molecule has 1 aliphatic heterocycles. The van der Waals surface area contributed by atoms with E-state index < -0.39 is 0 Å². The minimum atomic E-state index is 0.637. The van der Waals surface area contributed by atoms with Gasteiger partial charge in [-0.3, -0.25) is 0 Å². The number of benzene rings is 1. The number of ether oxygens (including phenoxy) is 2. The lowest BCUT2D eigenvalue weighted by atomic mass is 10.2. The molecule has 0 spiro atoms. The van der Waals surface area contributed by atoms with Crippen molar-refractivity contribution in [1.29, 1.82) is 0 Å². The molecule has 6 nitrogen and oxygen atoms in total. The van der Waals surface area contributed by atoms with Crippen LogP contribution >= 0.6 is 0 Å². The molecule has 1 aromatic carbocycles. The molecule has 28 heavy (non-hydrogen) atoms. The lowest BCUT2D eigenvalue weighted by Crippen LogP contribution is -2.39. The van der Waals surface area contributed by atoms with Crippen molar-refractivity contribution in [1.82, 2.24) is 10.6 Å². The van der Waals surface area contributed by atoms with Crippen molar-refractivity contribution in [3.05, 3.63) is 42.0 Å². The quantitative estimate of drug-likeness (QED) is 0.235. The van der Waals surface area contributed by atoms with Gasteiger partial charge in [0.15, 0.2) is 5.96 Å². The summed E-state index contributed by atoms with van der Waals surface area (Å²) >= 11 is 0. The number of hydrogen-bond acceptors (Lipinski definition) is 4. The molecule has 6 heteroatoms. The molecule has 0 fully saturated rings. The van der Waals surface area contributed by atoms with Crippen molar-refractivity contribution in [3.8, 4) is 0 Å². The first-order valence-electron chi connectivity index (χ1n) is 10.5. The van der Waals surface area contributed by atoms with E-state index in [1.807, 2.05) is 0 Å². The first-order chi connectivity index (χ1) is 13.8. The van der Waals surface area contributed by atoms with Crippen molar-refractivity contribution in [2.45, 2.75) is 33.2 Å². The van der Waals surface area contributed by atoms with E-state index in [1.54, 1.807) is 0 Å². The predicted molar refractivity (Wildman–Crippen MR) is 117 cm³/mol. The molecule has 1 heterocycles. The lowest BCUT2D eigenvalue weighted by molar-refractivity contribution is 0.0487. The lowest BCUT2D eigenvalue weighted by Gasteiger charge is -2.17. The molecule has 0 aliphatic carbocycles. The van der Waals surface area contributed by atoms with E-state index in [0.717, 1.165) is 51.6 Å². The molecule has 0 bridgehead atoms. The van der Waals surface area contributed by atoms with Crippen LogP contribution in [0, 0.1) is 0 Å². The van der Waals surface area contributed by atoms with Crippen molar-refractivity contribution in [2.75, 3.05) is 57.5 Å². The maximum Gasteiger partial charge on any atom is 0.191 e. The molecule has 1 aromatic rings. The van der Waals surface area contributed by atoms with Crippen LogP contribution in [-0.4, -0.2) is 58.6 Å². The molecule has 0 unspecified atom stereocenters. The standard InChI is InChI=1S/C22H36N4O2/c1-3-5-15-27-17-18-28-16-12-24-22(23-4-2)25-19-20-8-10-21(11-9-20)26-13-6-7-14-26/h6-11H,3-5,12-19H2,1-2H3,(H2,23,24,25). The normalized spacial score (nSPS) is 13.9. The van der Waals surface area contributed by atoms with Crippen LogP contribution in [-0.2, 0) is 16.0 Å². The number of hydrogen-bond donors (Lipinski definition) is 2. The van der Waals surface area contributed by atoms with Crippen LogP contribution in [0.15, 0.2) is 41.4 Å². The fourth-order valence-corrected chi connectivity index (χ4v) is 2.82. The van der Waals surface area contributed by atoms with Gasteiger partial charge in [0.05, 0.1) is 26.4 Å². The molecule has 2 rings (SSSR count). The third-order valence-electron chi connectivity index (χ3n) is 4.44. The van der Waals surface area contributed by atoms with Crippen molar-refractivity contribution >= 4 is 11.6 Å². The number of nitrogens with zero attached hydrogens (tertiary/aromatic N) is 2. The van der Waals surface area contributed by atoms with Gasteiger partial charge >= 0.3 is 0 Å². The highest BCUT2D eigenvalue weighted by Gasteiger charge is 2.07. The zero-order valence-electron chi connectivity index (χ0n) is 17.5. The van der Waals surface area contributed by atoms with Gasteiger partial charge in [-0.15, -0.1) is 0 Å². The molecule has 2 N–H and O–H groups in total. The summed E-state index contributed by atoms with van der Waals surface area (Å²) in [7, 11) is 0. The Morgan fingerprint density at radius 3 is 2.36 bits per heavy atom. The van der Waals surface area contributed by atoms with Gasteiger partial charge in [0.25, 0.3) is 0 Å². The summed E-state index contributed by atoms with van der Waals surface area (Å²) in [5.74, 6) is 0.818. The Morgan fingerprint density at radius 2 is 1.68 bits per heavy atom. The van der Waals surface area contributed by atoms with E-state index in [-0.39, 0.29) is 0 Å². The van der Waals surface area contributed by atoms with Crippen LogP contribution in [0.5, 0.6) is 0 Å². The molecule has 0 atom stereocenters. The minimum absolute atomic E-state index is 0.637. The summed E-state index contributed by atoms with van der Waals surface area (Å²) in [5, 5.41) is 6.59. The molecular weight excluding hydrogens is 352 g/mol. The summed E-state index contributed by atoms with van der Waals surface area (Å²) < 4.78 is 11.1. The van der Waals surface area contributed by atoms with Crippen molar-refractivity contribution < 1.29 is 9.47 Å². The molecular formula is C22H36N4O2. The van der Waals surface area contributed by atoms with E-state index in [2.05, 4.69) is 70.8 Å². The molecule has 0 saturated heterocycles.